The largest absolute Gasteiger partial charge is 0.444 e. The van der Waals surface area contributed by atoms with Gasteiger partial charge in [0.1, 0.15) is 5.60 Å². The van der Waals surface area contributed by atoms with Crippen molar-refractivity contribution in [3.63, 3.8) is 0 Å². The van der Waals surface area contributed by atoms with Crippen LogP contribution in [0, 0.1) is 11.8 Å². The fraction of sp³-hybridized carbons (Fsp3) is 0.857. The number of carbonyl (C=O) groups excluding carboxylic acids is 2. The minimum Gasteiger partial charge on any atom is -0.444 e. The number of alkyl carbamates (subject to hydrolysis) is 1. The minimum absolute atomic E-state index is 0.0660. The number of nitrogens with one attached hydrogen (secondary N) is 1. The molecule has 4 heteroatoms. The highest BCUT2D eigenvalue weighted by molar-refractivity contribution is 5.88. The molecule has 1 rings (SSSR count). The summed E-state index contributed by atoms with van der Waals surface area (Å²) < 4.78 is 5.20. The van der Waals surface area contributed by atoms with Gasteiger partial charge < -0.3 is 10.1 Å². The lowest BCUT2D eigenvalue weighted by atomic mass is 9.97. The van der Waals surface area contributed by atoms with Gasteiger partial charge in [0.15, 0.2) is 5.78 Å². The van der Waals surface area contributed by atoms with Gasteiger partial charge in [0, 0.05) is 5.92 Å². The smallest absolute Gasteiger partial charge is 0.408 e. The molecule has 1 saturated carbocycles. The van der Waals surface area contributed by atoms with Crippen molar-refractivity contribution in [2.45, 2.75) is 65.5 Å². The molecule has 0 aromatic rings. The van der Waals surface area contributed by atoms with Crippen molar-refractivity contribution in [2.24, 2.45) is 11.8 Å². The van der Waals surface area contributed by atoms with Crippen molar-refractivity contribution in [3.05, 3.63) is 0 Å². The summed E-state index contributed by atoms with van der Waals surface area (Å²) in [7, 11) is 0. The normalized spacial score (nSPS) is 17.4. The van der Waals surface area contributed by atoms with Gasteiger partial charge in [0.25, 0.3) is 0 Å². The summed E-state index contributed by atoms with van der Waals surface area (Å²) in [6.07, 6.45) is 2.58. The van der Waals surface area contributed by atoms with E-state index < -0.39 is 17.7 Å². The first-order chi connectivity index (χ1) is 8.19. The van der Waals surface area contributed by atoms with Gasteiger partial charge in [0.05, 0.1) is 6.04 Å². The highest BCUT2D eigenvalue weighted by Crippen LogP contribution is 2.34. The summed E-state index contributed by atoms with van der Waals surface area (Å²) in [6, 6.07) is -0.396. The van der Waals surface area contributed by atoms with E-state index in [2.05, 4.69) is 5.32 Å². The fourth-order valence-corrected chi connectivity index (χ4v) is 1.79. The fourth-order valence-electron chi connectivity index (χ4n) is 1.79. The lowest BCUT2D eigenvalue weighted by molar-refractivity contribution is -0.124. The topological polar surface area (TPSA) is 55.4 Å². The van der Waals surface area contributed by atoms with Gasteiger partial charge >= 0.3 is 6.09 Å². The average molecular weight is 255 g/mol. The van der Waals surface area contributed by atoms with Crippen molar-refractivity contribution in [1.82, 2.24) is 5.32 Å². The lowest BCUT2D eigenvalue weighted by Crippen LogP contribution is -2.45. The van der Waals surface area contributed by atoms with Gasteiger partial charge in [0.2, 0.25) is 0 Å². The molecule has 0 saturated heterocycles. The summed E-state index contributed by atoms with van der Waals surface area (Å²) in [5, 5.41) is 2.72. The molecule has 0 heterocycles. The highest BCUT2D eigenvalue weighted by Gasteiger charge is 2.32. The molecular weight excluding hydrogens is 230 g/mol. The molecule has 0 spiro atoms. The van der Waals surface area contributed by atoms with Crippen molar-refractivity contribution >= 4 is 11.9 Å². The standard InChI is InChI=1S/C14H25NO3/c1-9(2)12(16)11(8-10-6-7-10)15-13(17)18-14(3,4)5/h9-11H,6-8H2,1-5H3,(H,15,17). The maximum absolute atomic E-state index is 12.0. The van der Waals surface area contributed by atoms with Crippen LogP contribution in [0.15, 0.2) is 0 Å². The number of ketones is 1. The second kappa shape index (κ2) is 5.72. The van der Waals surface area contributed by atoms with Crippen LogP contribution in [0.4, 0.5) is 4.79 Å². The van der Waals surface area contributed by atoms with Crippen LogP contribution in [0.25, 0.3) is 0 Å². The summed E-state index contributed by atoms with van der Waals surface area (Å²) >= 11 is 0. The van der Waals surface area contributed by atoms with Crippen molar-refractivity contribution < 1.29 is 14.3 Å². The van der Waals surface area contributed by atoms with Crippen LogP contribution in [0.1, 0.15) is 53.9 Å². The third-order valence-corrected chi connectivity index (χ3v) is 2.87. The molecule has 0 bridgehead atoms. The Bertz CT molecular complexity index is 313. The first kappa shape index (κ1) is 15.0. The molecule has 0 aromatic carbocycles. The van der Waals surface area contributed by atoms with Gasteiger partial charge in [-0.15, -0.1) is 0 Å². The van der Waals surface area contributed by atoms with Crippen molar-refractivity contribution in [3.8, 4) is 0 Å². The molecule has 1 N–H and O–H groups in total. The van der Waals surface area contributed by atoms with E-state index in [0.717, 1.165) is 19.3 Å². The Morgan fingerprint density at radius 1 is 1.28 bits per heavy atom. The molecule has 104 valence electrons. The molecular formula is C14H25NO3. The van der Waals surface area contributed by atoms with Crippen LogP contribution in [-0.4, -0.2) is 23.5 Å². The third kappa shape index (κ3) is 5.52. The Morgan fingerprint density at radius 3 is 2.22 bits per heavy atom. The predicted molar refractivity (Wildman–Crippen MR) is 70.3 cm³/mol. The molecule has 1 amide bonds. The van der Waals surface area contributed by atoms with Crippen LogP contribution >= 0.6 is 0 Å². The Morgan fingerprint density at radius 2 is 1.83 bits per heavy atom. The number of hydrogen-bond acceptors (Lipinski definition) is 3. The quantitative estimate of drug-likeness (QED) is 0.821. The average Bonchev–Trinajstić information content (AvgIpc) is 2.96. The third-order valence-electron chi connectivity index (χ3n) is 2.87. The molecule has 1 unspecified atom stereocenters. The van der Waals surface area contributed by atoms with Gasteiger partial charge in [-0.2, -0.15) is 0 Å². The number of Topliss-reactive ketones (excluding diaryl/α,β-unsaturated/α-hetero) is 1. The zero-order valence-corrected chi connectivity index (χ0v) is 12.1. The van der Waals surface area contributed by atoms with E-state index in [-0.39, 0.29) is 11.7 Å². The Balaban J connectivity index is 2.54. The monoisotopic (exact) mass is 255 g/mol. The Labute approximate surface area is 109 Å². The zero-order valence-electron chi connectivity index (χ0n) is 12.1. The van der Waals surface area contributed by atoms with Crippen molar-refractivity contribution in [2.75, 3.05) is 0 Å². The highest BCUT2D eigenvalue weighted by atomic mass is 16.6. The minimum atomic E-state index is -0.533. The van der Waals surface area contributed by atoms with Gasteiger partial charge in [-0.25, -0.2) is 4.79 Å². The maximum Gasteiger partial charge on any atom is 0.408 e. The molecule has 1 fully saturated rings. The summed E-state index contributed by atoms with van der Waals surface area (Å²) in [5.41, 5.74) is -0.533. The van der Waals surface area contributed by atoms with Crippen molar-refractivity contribution in [1.29, 1.82) is 0 Å². The van der Waals surface area contributed by atoms with Crippen LogP contribution in [0.3, 0.4) is 0 Å². The molecule has 1 atom stereocenters. The first-order valence-electron chi connectivity index (χ1n) is 6.72. The summed E-state index contributed by atoms with van der Waals surface area (Å²) in [5.74, 6) is 0.615. The van der Waals surface area contributed by atoms with Crippen LogP contribution in [0.5, 0.6) is 0 Å². The van der Waals surface area contributed by atoms with Crippen LogP contribution in [0.2, 0.25) is 0 Å². The molecule has 4 nitrogen and oxygen atoms in total. The maximum atomic E-state index is 12.0. The van der Waals surface area contributed by atoms with E-state index in [0.29, 0.717) is 5.92 Å². The molecule has 0 aromatic heterocycles. The molecule has 1 aliphatic carbocycles. The molecule has 0 radical (unpaired) electrons. The van der Waals surface area contributed by atoms with E-state index in [4.69, 9.17) is 4.74 Å². The second-order valence-electron chi connectivity index (χ2n) is 6.43. The first-order valence-corrected chi connectivity index (χ1v) is 6.72. The van der Waals surface area contributed by atoms with E-state index in [9.17, 15) is 9.59 Å². The summed E-state index contributed by atoms with van der Waals surface area (Å²) in [4.78, 5) is 23.7. The van der Waals surface area contributed by atoms with Crippen LogP contribution < -0.4 is 5.32 Å². The lowest BCUT2D eigenvalue weighted by Gasteiger charge is -2.24. The van der Waals surface area contributed by atoms with E-state index in [1.807, 2.05) is 34.6 Å². The number of rotatable bonds is 5. The Kier molecular flexibility index (Phi) is 4.77. The number of amides is 1. The van der Waals surface area contributed by atoms with Crippen LogP contribution in [-0.2, 0) is 9.53 Å². The number of carbonyl (C=O) groups is 2. The van der Waals surface area contributed by atoms with Gasteiger partial charge in [-0.05, 0) is 33.1 Å². The molecule has 1 aliphatic rings. The number of hydrogen-bond donors (Lipinski definition) is 1. The van der Waals surface area contributed by atoms with E-state index in [1.165, 1.54) is 0 Å². The second-order valence-corrected chi connectivity index (χ2v) is 6.43. The zero-order chi connectivity index (χ0) is 13.9. The van der Waals surface area contributed by atoms with E-state index >= 15 is 0 Å². The predicted octanol–water partition coefficient (Wildman–Crippen LogP) is 2.90. The SMILES string of the molecule is CC(C)C(=O)C(CC1CC1)NC(=O)OC(C)(C)C. The van der Waals surface area contributed by atoms with Gasteiger partial charge in [-0.3, -0.25) is 4.79 Å². The van der Waals surface area contributed by atoms with E-state index in [1.54, 1.807) is 0 Å². The number of ether oxygens (including phenoxy) is 1. The summed E-state index contributed by atoms with van der Waals surface area (Å²) in [6.45, 7) is 9.16. The van der Waals surface area contributed by atoms with Gasteiger partial charge in [-0.1, -0.05) is 26.7 Å². The Hall–Kier alpha value is -1.06. The molecule has 0 aliphatic heterocycles. The molecule has 18 heavy (non-hydrogen) atoms.